The van der Waals surface area contributed by atoms with Gasteiger partial charge in [-0.15, -0.1) is 0 Å². The molecule has 14 nitrogen and oxygen atoms in total. The van der Waals surface area contributed by atoms with Gasteiger partial charge in [-0.3, -0.25) is 0 Å². The van der Waals surface area contributed by atoms with Crippen LogP contribution in [-0.4, -0.2) is 130 Å². The number of aromatic nitrogens is 4. The molecule has 402 valence electrons. The highest BCUT2D eigenvalue weighted by molar-refractivity contribution is 7.92. The van der Waals surface area contributed by atoms with E-state index in [1.54, 1.807) is 18.2 Å². The number of sulfone groups is 2. The lowest BCUT2D eigenvalue weighted by atomic mass is 9.99. The van der Waals surface area contributed by atoms with Crippen molar-refractivity contribution in [3.63, 3.8) is 0 Å². The van der Waals surface area contributed by atoms with Gasteiger partial charge in [0.15, 0.2) is 19.7 Å². The number of pyridine rings is 2. The quantitative estimate of drug-likeness (QED) is 0.0621. The molecule has 0 spiro atoms. The van der Waals surface area contributed by atoms with Crippen LogP contribution in [0.2, 0.25) is 0 Å². The van der Waals surface area contributed by atoms with Gasteiger partial charge in [0, 0.05) is 58.9 Å². The Bertz CT molecular complexity index is 3790. The molecule has 2 fully saturated rings. The number of rotatable bonds is 21. The molecule has 2 saturated carbocycles. The molecule has 4 heterocycles. The van der Waals surface area contributed by atoms with E-state index in [1.807, 2.05) is 118 Å². The van der Waals surface area contributed by atoms with E-state index >= 15 is 0 Å². The van der Waals surface area contributed by atoms with E-state index in [9.17, 15) is 21.9 Å². The molecule has 2 atom stereocenters. The van der Waals surface area contributed by atoms with E-state index in [0.29, 0.717) is 48.5 Å². The molecule has 0 unspecified atom stereocenters. The first-order valence-corrected chi connectivity index (χ1v) is 29.4. The van der Waals surface area contributed by atoms with Crippen molar-refractivity contribution < 1.29 is 36.2 Å². The van der Waals surface area contributed by atoms with Gasteiger partial charge in [0.25, 0.3) is 0 Å². The summed E-state index contributed by atoms with van der Waals surface area (Å²) >= 11 is 0. The number of hydrogen-bond donors (Lipinski definition) is 3. The van der Waals surface area contributed by atoms with Crippen LogP contribution in [0, 0.1) is 25.7 Å². The lowest BCUT2D eigenvalue weighted by Gasteiger charge is -2.22. The molecule has 77 heavy (non-hydrogen) atoms. The zero-order valence-electron chi connectivity index (χ0n) is 44.6. The monoisotopic (exact) mass is 1080 g/mol. The molecular formula is C61H68N6O8S2. The summed E-state index contributed by atoms with van der Waals surface area (Å²) in [6.07, 6.45) is 6.61. The van der Waals surface area contributed by atoms with E-state index in [-0.39, 0.29) is 28.9 Å². The summed E-state index contributed by atoms with van der Waals surface area (Å²) in [4.78, 5) is 21.1. The molecule has 4 aromatic heterocycles. The van der Waals surface area contributed by atoms with Gasteiger partial charge in [0.05, 0.1) is 64.4 Å². The summed E-state index contributed by atoms with van der Waals surface area (Å²) in [7, 11) is 1.45. The maximum atomic E-state index is 13.0. The Hall–Kier alpha value is -6.66. The second kappa shape index (κ2) is 22.7. The van der Waals surface area contributed by atoms with Crippen molar-refractivity contribution in [2.45, 2.75) is 66.4 Å². The number of nitrogens with zero attached hydrogens (tertiary/aromatic N) is 4. The van der Waals surface area contributed by atoms with E-state index in [0.717, 1.165) is 121 Å². The van der Waals surface area contributed by atoms with E-state index in [4.69, 9.17) is 14.2 Å². The molecule has 16 heteroatoms. The number of nitrogens with one attached hydrogen (secondary N) is 2. The molecular weight excluding hydrogens is 1010 g/mol. The summed E-state index contributed by atoms with van der Waals surface area (Å²) in [5, 5.41) is 13.1. The van der Waals surface area contributed by atoms with E-state index < -0.39 is 19.7 Å². The Labute approximate surface area is 451 Å². The van der Waals surface area contributed by atoms with Crippen LogP contribution in [0.25, 0.3) is 66.1 Å². The van der Waals surface area contributed by atoms with Crippen molar-refractivity contribution in [1.29, 1.82) is 0 Å². The van der Waals surface area contributed by atoms with Crippen LogP contribution in [0.15, 0.2) is 137 Å². The molecule has 3 N–H and O–H groups in total. The van der Waals surface area contributed by atoms with Gasteiger partial charge in [-0.25, -0.2) is 26.8 Å². The van der Waals surface area contributed by atoms with Crippen LogP contribution in [0.4, 0.5) is 0 Å². The third-order valence-corrected chi connectivity index (χ3v) is 18.7. The fraction of sp³-hybridized carbons (Fsp3) is 0.344. The van der Waals surface area contributed by atoms with Crippen molar-refractivity contribution in [2.75, 3.05) is 67.7 Å². The van der Waals surface area contributed by atoms with Gasteiger partial charge >= 0.3 is 0 Å². The Morgan fingerprint density at radius 2 is 1.05 bits per heavy atom. The summed E-state index contributed by atoms with van der Waals surface area (Å²) in [6.45, 7) is 7.60. The standard InChI is InChI=1S/C34H37N3O4S.C27H31N3O4S/c1-23-16-30-32-29(26-10-7-11-28(17-26)42(38,39)27-12-13-27)14-15-31(33(32)36-34(30)35-18-23)41-22-25(19-37(2)3)21-40-20-24-8-5-4-6-9-24;1-17-11-23-25-22(19-5-4-6-21(12-19)35(32,33)20-7-8-20)9-10-24(26(25)29-27(23)28-13-17)34-16-18(15-31)14-30(2)3/h4-11,14-18,25,27H,12-13,19-22H2,1-3H3,(H,35,36);4-6,9-13,18,20,31H,7-8,14-16H2,1-3H3,(H,28,29)/t25-;18-/m00/s1. The average Bonchev–Trinajstić information content (AvgIpc) is 4.49. The minimum atomic E-state index is -3.31. The lowest BCUT2D eigenvalue weighted by molar-refractivity contribution is 0.0576. The molecule has 0 bridgehead atoms. The number of benzene rings is 5. The fourth-order valence-electron chi connectivity index (χ4n) is 10.2. The Kier molecular flexibility index (Phi) is 15.9. The molecule has 11 rings (SSSR count). The van der Waals surface area contributed by atoms with Gasteiger partial charge < -0.3 is 39.1 Å². The molecule has 2 aliphatic carbocycles. The summed E-state index contributed by atoms with van der Waals surface area (Å²) in [6, 6.07) is 36.8. The first-order chi connectivity index (χ1) is 37.1. The summed E-state index contributed by atoms with van der Waals surface area (Å²) < 4.78 is 70.6. The number of H-pyrrole nitrogens is 2. The lowest BCUT2D eigenvalue weighted by Crippen LogP contribution is -2.29. The highest BCUT2D eigenvalue weighted by atomic mass is 32.2. The molecule has 5 aromatic carbocycles. The van der Waals surface area contributed by atoms with Gasteiger partial charge in [-0.05, 0) is 167 Å². The van der Waals surface area contributed by atoms with Crippen molar-refractivity contribution in [1.82, 2.24) is 29.7 Å². The average molecular weight is 1080 g/mol. The zero-order valence-corrected chi connectivity index (χ0v) is 46.3. The molecule has 9 aromatic rings. The topological polar surface area (TPSA) is 180 Å². The molecule has 2 aliphatic rings. The maximum Gasteiger partial charge on any atom is 0.181 e. The number of fused-ring (bicyclic) bond motifs is 6. The van der Waals surface area contributed by atoms with E-state index in [2.05, 4.69) is 63.2 Å². The van der Waals surface area contributed by atoms with Gasteiger partial charge in [-0.2, -0.15) is 0 Å². The van der Waals surface area contributed by atoms with Crippen molar-refractivity contribution in [3.8, 4) is 33.8 Å². The van der Waals surface area contributed by atoms with Gasteiger partial charge in [0.2, 0.25) is 0 Å². The highest BCUT2D eigenvalue weighted by Crippen LogP contribution is 2.43. The minimum Gasteiger partial charge on any atom is -0.491 e. The number of aryl methyl sites for hydroxylation is 2. The Morgan fingerprint density at radius 1 is 0.584 bits per heavy atom. The number of aromatic amines is 2. The predicted molar refractivity (Wildman–Crippen MR) is 306 cm³/mol. The highest BCUT2D eigenvalue weighted by Gasteiger charge is 2.38. The Morgan fingerprint density at radius 3 is 1.51 bits per heavy atom. The van der Waals surface area contributed by atoms with Crippen molar-refractivity contribution in [3.05, 3.63) is 144 Å². The van der Waals surface area contributed by atoms with Gasteiger partial charge in [-0.1, -0.05) is 54.6 Å². The first-order valence-electron chi connectivity index (χ1n) is 26.4. The SMILES string of the molecule is Cc1cnc2[nH]c3c(OC[C@H](CO)CN(C)C)ccc(-c4cccc(S(=O)(=O)C5CC5)c4)c3c2c1.Cc1cnc2[nH]c3c(OC[C@H](COCc4ccccc4)CN(C)C)ccc(-c4cccc(S(=O)(=O)C5CC5)c4)c3c2c1. The summed E-state index contributed by atoms with van der Waals surface area (Å²) in [5.41, 5.74) is 9.97. The normalized spacial score (nSPS) is 14.9. The number of hydrogen-bond acceptors (Lipinski definition) is 12. The van der Waals surface area contributed by atoms with Gasteiger partial charge in [0.1, 0.15) is 22.8 Å². The van der Waals surface area contributed by atoms with Crippen LogP contribution in [0.5, 0.6) is 11.5 Å². The van der Waals surface area contributed by atoms with Crippen LogP contribution in [-0.2, 0) is 31.0 Å². The van der Waals surface area contributed by atoms with Crippen LogP contribution < -0.4 is 9.47 Å². The summed E-state index contributed by atoms with van der Waals surface area (Å²) in [5.74, 6) is 1.55. The minimum absolute atomic E-state index is 0.0196. The zero-order chi connectivity index (χ0) is 54.0. The van der Waals surface area contributed by atoms with E-state index in [1.165, 1.54) is 0 Å². The molecule has 0 amide bonds. The first kappa shape index (κ1) is 53.7. The molecule has 0 aliphatic heterocycles. The third kappa shape index (κ3) is 12.1. The predicted octanol–water partition coefficient (Wildman–Crippen LogP) is 10.6. The number of aliphatic hydroxyl groups is 1. The van der Waals surface area contributed by atoms with Crippen LogP contribution in [0.1, 0.15) is 42.4 Å². The number of aliphatic hydroxyl groups excluding tert-OH is 1. The van der Waals surface area contributed by atoms with Crippen molar-refractivity contribution >= 4 is 63.5 Å². The third-order valence-electron chi connectivity index (χ3n) is 14.2. The maximum absolute atomic E-state index is 13.0. The van der Waals surface area contributed by atoms with Crippen LogP contribution >= 0.6 is 0 Å². The smallest absolute Gasteiger partial charge is 0.181 e. The van der Waals surface area contributed by atoms with Crippen molar-refractivity contribution in [2.24, 2.45) is 11.8 Å². The Balaban J connectivity index is 0.000000178. The number of ether oxygens (including phenoxy) is 3. The van der Waals surface area contributed by atoms with Crippen LogP contribution in [0.3, 0.4) is 0 Å². The second-order valence-electron chi connectivity index (χ2n) is 21.4. The molecule has 0 saturated heterocycles. The largest absolute Gasteiger partial charge is 0.491 e. The second-order valence-corrected chi connectivity index (χ2v) is 25.9. The molecule has 0 radical (unpaired) electrons. The fourth-order valence-corrected chi connectivity index (χ4v) is 13.6.